The number of amides is 1. The molecule has 0 spiro atoms. The molecule has 8 heteroatoms. The summed E-state index contributed by atoms with van der Waals surface area (Å²) < 4.78 is 5.26. The highest BCUT2D eigenvalue weighted by molar-refractivity contribution is 5.67. The van der Waals surface area contributed by atoms with E-state index in [1.807, 2.05) is 77.9 Å². The Bertz CT molecular complexity index is 880. The second-order valence-corrected chi connectivity index (χ2v) is 10.1. The van der Waals surface area contributed by atoms with Crippen LogP contribution in [0.25, 0.3) is 0 Å². The van der Waals surface area contributed by atoms with E-state index in [9.17, 15) is 4.79 Å². The fraction of sp³-hybridized carbons (Fsp3) is 0.615. The molecule has 0 saturated carbocycles. The minimum atomic E-state index is -0.514. The van der Waals surface area contributed by atoms with Gasteiger partial charge in [0.05, 0.1) is 18.0 Å². The number of nitrogens with one attached hydrogen (secondary N) is 2. The number of anilines is 1. The molecule has 1 amide bonds. The average molecular weight is 471 g/mol. The number of benzene rings is 1. The second kappa shape index (κ2) is 13.6. The molecule has 1 aromatic carbocycles. The summed E-state index contributed by atoms with van der Waals surface area (Å²) in [4.78, 5) is 11.8. The highest BCUT2D eigenvalue weighted by atomic mass is 16.6. The van der Waals surface area contributed by atoms with Gasteiger partial charge >= 0.3 is 6.09 Å². The Morgan fingerprint density at radius 3 is 2.62 bits per heavy atom. The minimum absolute atomic E-state index is 0.144. The Hall–Kier alpha value is -3.08. The fourth-order valence-electron chi connectivity index (χ4n) is 3.07. The van der Waals surface area contributed by atoms with Gasteiger partial charge in [0.1, 0.15) is 5.60 Å². The van der Waals surface area contributed by atoms with Crippen molar-refractivity contribution in [3.63, 3.8) is 0 Å². The maximum atomic E-state index is 11.8. The molecule has 0 radical (unpaired) electrons. The number of nitrogens with zero attached hydrogens (tertiary/aromatic N) is 4. The van der Waals surface area contributed by atoms with Gasteiger partial charge in [-0.25, -0.2) is 4.79 Å². The van der Waals surface area contributed by atoms with Gasteiger partial charge < -0.3 is 15.4 Å². The molecule has 0 aliphatic heterocycles. The Kier molecular flexibility index (Phi) is 11.6. The summed E-state index contributed by atoms with van der Waals surface area (Å²) in [6.45, 7) is 14.8. The molecule has 188 valence electrons. The molecule has 0 saturated heterocycles. The Balaban J connectivity index is 2.60. The number of carbonyl (C=O) groups is 1. The van der Waals surface area contributed by atoms with Crippen molar-refractivity contribution in [2.45, 2.75) is 84.9 Å². The third-order valence-electron chi connectivity index (χ3n) is 5.17. The second-order valence-electron chi connectivity index (χ2n) is 10.1. The molecule has 0 aliphatic rings. The van der Waals surface area contributed by atoms with Crippen LogP contribution in [-0.2, 0) is 11.2 Å². The third kappa shape index (κ3) is 12.2. The summed E-state index contributed by atoms with van der Waals surface area (Å²) >= 11 is 0. The van der Waals surface area contributed by atoms with E-state index < -0.39 is 17.2 Å². The lowest BCUT2D eigenvalue weighted by atomic mass is 10.0. The quantitative estimate of drug-likeness (QED) is 0.225. The molecule has 34 heavy (non-hydrogen) atoms. The molecule has 1 aromatic rings. The molecule has 1 atom stereocenters. The summed E-state index contributed by atoms with van der Waals surface area (Å²) in [6.07, 6.45) is 3.57. The van der Waals surface area contributed by atoms with Crippen LogP contribution in [-0.4, -0.2) is 48.4 Å². The molecular formula is C26H42N6O2. The normalized spacial score (nSPS) is 13.3. The zero-order chi connectivity index (χ0) is 25.8. The van der Waals surface area contributed by atoms with Crippen LogP contribution < -0.4 is 10.6 Å². The smallest absolute Gasteiger partial charge is 0.407 e. The van der Waals surface area contributed by atoms with E-state index in [1.54, 1.807) is 0 Å². The third-order valence-corrected chi connectivity index (χ3v) is 5.17. The topological polar surface area (TPSA) is 102 Å². The van der Waals surface area contributed by atoms with Crippen LogP contribution in [0.2, 0.25) is 0 Å². The zero-order valence-corrected chi connectivity index (χ0v) is 22.1. The highest BCUT2D eigenvalue weighted by Crippen LogP contribution is 2.18. The molecule has 0 bridgehead atoms. The number of alkyl carbamates (subject to hydrolysis) is 1. The Morgan fingerprint density at radius 1 is 1.29 bits per heavy atom. The molecule has 8 nitrogen and oxygen atoms in total. The van der Waals surface area contributed by atoms with Crippen LogP contribution >= 0.6 is 0 Å². The van der Waals surface area contributed by atoms with Gasteiger partial charge in [0.15, 0.2) is 0 Å². The van der Waals surface area contributed by atoms with E-state index in [4.69, 9.17) is 10.00 Å². The largest absolute Gasteiger partial charge is 0.444 e. The fourth-order valence-corrected chi connectivity index (χ4v) is 3.07. The minimum Gasteiger partial charge on any atom is -0.444 e. The summed E-state index contributed by atoms with van der Waals surface area (Å²) in [5.41, 5.74) is 2.31. The maximum absolute atomic E-state index is 11.8. The summed E-state index contributed by atoms with van der Waals surface area (Å²) in [6, 6.07) is 10.3. The van der Waals surface area contributed by atoms with Crippen molar-refractivity contribution in [3.05, 3.63) is 41.5 Å². The van der Waals surface area contributed by atoms with Crippen LogP contribution in [0.15, 0.2) is 46.3 Å². The van der Waals surface area contributed by atoms with Crippen LogP contribution in [0.1, 0.15) is 66.9 Å². The number of allylic oxidation sites excluding steroid dienone is 1. The van der Waals surface area contributed by atoms with Crippen LogP contribution in [0, 0.1) is 11.3 Å². The van der Waals surface area contributed by atoms with Gasteiger partial charge in [0.25, 0.3) is 0 Å². The van der Waals surface area contributed by atoms with E-state index in [0.29, 0.717) is 19.4 Å². The van der Waals surface area contributed by atoms with Crippen LogP contribution in [0.4, 0.5) is 10.5 Å². The maximum Gasteiger partial charge on any atom is 0.407 e. The number of nitriles is 1. The SMILES string of the molecule is C/C=C(\C)C(CCN(C)N=NC(C)(C)CCNC(=O)OC(C)(C)C)Nc1cccc(CC#N)c1. The van der Waals surface area contributed by atoms with Gasteiger partial charge in [-0.3, -0.25) is 5.01 Å². The predicted octanol–water partition coefficient (Wildman–Crippen LogP) is 5.88. The summed E-state index contributed by atoms with van der Waals surface area (Å²) in [5.74, 6) is 0. The first-order chi connectivity index (χ1) is 15.8. The lowest BCUT2D eigenvalue weighted by Gasteiger charge is -2.24. The lowest BCUT2D eigenvalue weighted by Crippen LogP contribution is -2.35. The zero-order valence-electron chi connectivity index (χ0n) is 22.1. The van der Waals surface area contributed by atoms with E-state index in [-0.39, 0.29) is 6.04 Å². The van der Waals surface area contributed by atoms with Gasteiger partial charge in [-0.2, -0.15) is 10.4 Å². The highest BCUT2D eigenvalue weighted by Gasteiger charge is 2.20. The number of ether oxygens (including phenoxy) is 1. The molecule has 0 fully saturated rings. The summed E-state index contributed by atoms with van der Waals surface area (Å²) in [7, 11) is 1.91. The molecule has 1 unspecified atom stereocenters. The number of hydrogen-bond donors (Lipinski definition) is 2. The standard InChI is InChI=1S/C26H42N6O2/c1-9-20(2)23(29-22-12-10-11-21(19-22)13-16-27)14-18-32(8)31-30-26(6,7)15-17-28-24(33)34-25(3,4)5/h9-12,19,23,29H,13-15,17-18H2,1-8H3,(H,28,33)/b20-9+,31-30?. The molecule has 0 aliphatic carbocycles. The van der Waals surface area contributed by atoms with Gasteiger partial charge in [0.2, 0.25) is 0 Å². The van der Waals surface area contributed by atoms with Gasteiger partial charge in [-0.05, 0) is 79.0 Å². The number of hydrogen-bond acceptors (Lipinski definition) is 6. The van der Waals surface area contributed by atoms with Crippen LogP contribution in [0.3, 0.4) is 0 Å². The molecular weight excluding hydrogens is 428 g/mol. The summed E-state index contributed by atoms with van der Waals surface area (Å²) in [5, 5.41) is 26.0. The van der Waals surface area contributed by atoms with Gasteiger partial charge in [-0.15, -0.1) is 0 Å². The molecule has 2 N–H and O–H groups in total. The van der Waals surface area contributed by atoms with Crippen LogP contribution in [0.5, 0.6) is 0 Å². The average Bonchev–Trinajstić information content (AvgIpc) is 2.73. The van der Waals surface area contributed by atoms with Crippen molar-refractivity contribution in [3.8, 4) is 6.07 Å². The van der Waals surface area contributed by atoms with Crippen molar-refractivity contribution < 1.29 is 9.53 Å². The van der Waals surface area contributed by atoms with E-state index in [0.717, 1.165) is 24.2 Å². The first kappa shape index (κ1) is 29.0. The van der Waals surface area contributed by atoms with Crippen molar-refractivity contribution in [2.75, 3.05) is 25.5 Å². The van der Waals surface area contributed by atoms with E-state index >= 15 is 0 Å². The predicted molar refractivity (Wildman–Crippen MR) is 138 cm³/mol. The van der Waals surface area contributed by atoms with Gasteiger partial charge in [-0.1, -0.05) is 29.0 Å². The van der Waals surface area contributed by atoms with E-state index in [1.165, 1.54) is 5.57 Å². The monoisotopic (exact) mass is 470 g/mol. The lowest BCUT2D eigenvalue weighted by molar-refractivity contribution is 0.0525. The van der Waals surface area contributed by atoms with Crippen molar-refractivity contribution in [1.82, 2.24) is 10.3 Å². The number of carbonyl (C=O) groups excluding carboxylic acids is 1. The Labute approximate surface area is 205 Å². The Morgan fingerprint density at radius 2 is 2.00 bits per heavy atom. The first-order valence-corrected chi connectivity index (χ1v) is 11.8. The van der Waals surface area contributed by atoms with Crippen molar-refractivity contribution in [2.24, 2.45) is 10.3 Å². The van der Waals surface area contributed by atoms with Gasteiger partial charge in [0, 0.05) is 31.9 Å². The molecule has 1 rings (SSSR count). The molecule has 0 heterocycles. The molecule has 0 aromatic heterocycles. The number of rotatable bonds is 12. The van der Waals surface area contributed by atoms with Crippen molar-refractivity contribution in [1.29, 1.82) is 5.26 Å². The van der Waals surface area contributed by atoms with Crippen molar-refractivity contribution >= 4 is 11.8 Å². The first-order valence-electron chi connectivity index (χ1n) is 11.8. The van der Waals surface area contributed by atoms with E-state index in [2.05, 4.69) is 40.0 Å².